The molecule has 1 amide bonds. The van der Waals surface area contributed by atoms with Crippen LogP contribution in [0, 0.1) is 0 Å². The Morgan fingerprint density at radius 2 is 1.96 bits per heavy atom. The summed E-state index contributed by atoms with van der Waals surface area (Å²) in [6, 6.07) is 8.30. The van der Waals surface area contributed by atoms with Crippen molar-refractivity contribution in [2.24, 2.45) is 0 Å². The minimum absolute atomic E-state index is 0.102. The molecule has 27 heavy (non-hydrogen) atoms. The Kier molecular flexibility index (Phi) is 4.74. The van der Waals surface area contributed by atoms with Crippen LogP contribution in [0.3, 0.4) is 0 Å². The summed E-state index contributed by atoms with van der Waals surface area (Å²) >= 11 is 0. The van der Waals surface area contributed by atoms with Crippen molar-refractivity contribution in [3.63, 3.8) is 0 Å². The molecule has 0 saturated heterocycles. The molecule has 0 radical (unpaired) electrons. The SMILES string of the molecule is O=C(NC1CCCCn2c1nc(-c1ccncc1)cc2=O)c1cccnc1. The van der Waals surface area contributed by atoms with Gasteiger partial charge in [0.25, 0.3) is 11.5 Å². The lowest BCUT2D eigenvalue weighted by Crippen LogP contribution is -2.34. The Morgan fingerprint density at radius 1 is 1.11 bits per heavy atom. The predicted octanol–water partition coefficient (Wildman–Crippen LogP) is 2.36. The highest BCUT2D eigenvalue weighted by Crippen LogP contribution is 2.24. The molecule has 0 saturated carbocycles. The normalized spacial score (nSPS) is 16.2. The number of pyridine rings is 2. The van der Waals surface area contributed by atoms with Crippen LogP contribution in [-0.4, -0.2) is 25.4 Å². The third-order valence-corrected chi connectivity index (χ3v) is 4.68. The Morgan fingerprint density at radius 3 is 2.74 bits per heavy atom. The predicted molar refractivity (Wildman–Crippen MR) is 100 cm³/mol. The largest absolute Gasteiger partial charge is 0.342 e. The Bertz CT molecular complexity index is 1000. The van der Waals surface area contributed by atoms with Crippen LogP contribution in [0.25, 0.3) is 11.3 Å². The topological polar surface area (TPSA) is 89.8 Å². The van der Waals surface area contributed by atoms with Gasteiger partial charge >= 0.3 is 0 Å². The molecular weight excluding hydrogens is 342 g/mol. The van der Waals surface area contributed by atoms with Crippen molar-refractivity contribution < 1.29 is 4.79 Å². The lowest BCUT2D eigenvalue weighted by atomic mass is 10.1. The summed E-state index contributed by atoms with van der Waals surface area (Å²) in [7, 11) is 0. The first-order chi connectivity index (χ1) is 13.2. The number of amides is 1. The van der Waals surface area contributed by atoms with Crippen molar-refractivity contribution in [3.05, 3.63) is 76.9 Å². The fraction of sp³-hybridized carbons (Fsp3) is 0.250. The quantitative estimate of drug-likeness (QED) is 0.773. The summed E-state index contributed by atoms with van der Waals surface area (Å²) in [5.41, 5.74) is 1.80. The highest BCUT2D eigenvalue weighted by Gasteiger charge is 2.24. The average molecular weight is 361 g/mol. The third-order valence-electron chi connectivity index (χ3n) is 4.68. The minimum Gasteiger partial charge on any atom is -0.342 e. The van der Waals surface area contributed by atoms with Crippen molar-refractivity contribution in [1.82, 2.24) is 24.8 Å². The van der Waals surface area contributed by atoms with E-state index >= 15 is 0 Å². The smallest absolute Gasteiger partial charge is 0.254 e. The Hall–Kier alpha value is -3.35. The summed E-state index contributed by atoms with van der Waals surface area (Å²) in [5.74, 6) is 0.383. The number of nitrogens with one attached hydrogen (secondary N) is 1. The zero-order chi connectivity index (χ0) is 18.6. The molecule has 0 fully saturated rings. The second kappa shape index (κ2) is 7.49. The molecule has 0 bridgehead atoms. The Balaban J connectivity index is 1.72. The fourth-order valence-electron chi connectivity index (χ4n) is 3.31. The zero-order valence-electron chi connectivity index (χ0n) is 14.7. The summed E-state index contributed by atoms with van der Waals surface area (Å²) in [4.78, 5) is 38.0. The van der Waals surface area contributed by atoms with Crippen molar-refractivity contribution in [2.45, 2.75) is 31.8 Å². The molecule has 1 unspecified atom stereocenters. The first kappa shape index (κ1) is 17.1. The van der Waals surface area contributed by atoms with Gasteiger partial charge in [0.2, 0.25) is 0 Å². The Labute approximate surface area is 156 Å². The maximum absolute atomic E-state index is 12.7. The van der Waals surface area contributed by atoms with Crippen LogP contribution in [0.2, 0.25) is 0 Å². The van der Waals surface area contributed by atoms with Crippen LogP contribution in [0.5, 0.6) is 0 Å². The molecule has 4 rings (SSSR count). The lowest BCUT2D eigenvalue weighted by Gasteiger charge is -2.19. The molecule has 1 aliphatic rings. The van der Waals surface area contributed by atoms with Crippen LogP contribution >= 0.6 is 0 Å². The standard InChI is InChI=1S/C20H19N5O2/c26-18-12-17(14-6-9-21-10-7-14)23-19-16(5-1-2-11-25(18)19)24-20(27)15-4-3-8-22-13-15/h3-4,6-10,12-13,16H,1-2,5,11H2,(H,24,27). The van der Waals surface area contributed by atoms with Gasteiger partial charge in [0, 0.05) is 43.0 Å². The van der Waals surface area contributed by atoms with Gasteiger partial charge in [-0.15, -0.1) is 0 Å². The van der Waals surface area contributed by atoms with Crippen LogP contribution in [0.1, 0.15) is 41.5 Å². The van der Waals surface area contributed by atoms with Gasteiger partial charge in [-0.1, -0.05) is 0 Å². The number of rotatable bonds is 3. The van der Waals surface area contributed by atoms with Gasteiger partial charge < -0.3 is 5.32 Å². The molecule has 0 spiro atoms. The maximum Gasteiger partial charge on any atom is 0.254 e. The summed E-state index contributed by atoms with van der Waals surface area (Å²) in [6.45, 7) is 0.608. The number of fused-ring (bicyclic) bond motifs is 1. The molecule has 0 aromatic carbocycles. The average Bonchev–Trinajstić information content (AvgIpc) is 2.92. The molecule has 1 aliphatic heterocycles. The van der Waals surface area contributed by atoms with Gasteiger partial charge in [-0.3, -0.25) is 24.1 Å². The molecule has 7 nitrogen and oxygen atoms in total. The minimum atomic E-state index is -0.324. The molecule has 0 aliphatic carbocycles. The summed E-state index contributed by atoms with van der Waals surface area (Å²) in [5, 5.41) is 3.02. The number of nitrogens with zero attached hydrogens (tertiary/aromatic N) is 4. The van der Waals surface area contributed by atoms with Gasteiger partial charge in [-0.2, -0.15) is 0 Å². The van der Waals surface area contributed by atoms with Gasteiger partial charge in [0.05, 0.1) is 17.3 Å². The van der Waals surface area contributed by atoms with E-state index in [-0.39, 0.29) is 17.5 Å². The van der Waals surface area contributed by atoms with E-state index in [2.05, 4.69) is 15.3 Å². The zero-order valence-corrected chi connectivity index (χ0v) is 14.7. The maximum atomic E-state index is 12.7. The molecule has 1 atom stereocenters. The number of carbonyl (C=O) groups is 1. The van der Waals surface area contributed by atoms with Gasteiger partial charge in [0.15, 0.2) is 0 Å². The van der Waals surface area contributed by atoms with Crippen LogP contribution < -0.4 is 10.9 Å². The number of aromatic nitrogens is 4. The molecule has 3 aromatic heterocycles. The van der Waals surface area contributed by atoms with E-state index in [0.29, 0.717) is 23.6 Å². The van der Waals surface area contributed by atoms with E-state index in [1.165, 1.54) is 6.20 Å². The first-order valence-electron chi connectivity index (χ1n) is 8.95. The van der Waals surface area contributed by atoms with E-state index in [4.69, 9.17) is 4.98 Å². The van der Waals surface area contributed by atoms with E-state index in [1.54, 1.807) is 41.4 Å². The second-order valence-electron chi connectivity index (χ2n) is 6.49. The molecule has 4 heterocycles. The first-order valence-corrected chi connectivity index (χ1v) is 8.95. The van der Waals surface area contributed by atoms with Crippen LogP contribution in [0.15, 0.2) is 59.9 Å². The van der Waals surface area contributed by atoms with Crippen molar-refractivity contribution >= 4 is 5.91 Å². The highest BCUT2D eigenvalue weighted by atomic mass is 16.2. The summed E-state index contributed by atoms with van der Waals surface area (Å²) < 4.78 is 1.67. The van der Waals surface area contributed by atoms with Gasteiger partial charge in [0.1, 0.15) is 5.82 Å². The lowest BCUT2D eigenvalue weighted by molar-refractivity contribution is 0.0932. The van der Waals surface area contributed by atoms with Crippen LogP contribution in [-0.2, 0) is 6.54 Å². The van der Waals surface area contributed by atoms with Crippen molar-refractivity contribution in [1.29, 1.82) is 0 Å². The van der Waals surface area contributed by atoms with Crippen LogP contribution in [0.4, 0.5) is 0 Å². The molecule has 7 heteroatoms. The highest BCUT2D eigenvalue weighted by molar-refractivity contribution is 5.94. The van der Waals surface area contributed by atoms with Crippen molar-refractivity contribution in [3.8, 4) is 11.3 Å². The molecule has 136 valence electrons. The third kappa shape index (κ3) is 3.62. The second-order valence-corrected chi connectivity index (χ2v) is 6.49. The van der Waals surface area contributed by atoms with Gasteiger partial charge in [-0.25, -0.2) is 4.98 Å². The van der Waals surface area contributed by atoms with Crippen molar-refractivity contribution in [2.75, 3.05) is 0 Å². The molecule has 3 aromatic rings. The van der Waals surface area contributed by atoms with E-state index in [1.807, 2.05) is 12.1 Å². The number of hydrogen-bond acceptors (Lipinski definition) is 5. The number of hydrogen-bond donors (Lipinski definition) is 1. The van der Waals surface area contributed by atoms with E-state index in [9.17, 15) is 9.59 Å². The van der Waals surface area contributed by atoms with E-state index in [0.717, 1.165) is 24.8 Å². The van der Waals surface area contributed by atoms with Gasteiger partial charge in [-0.05, 0) is 43.5 Å². The molecule has 1 N–H and O–H groups in total. The number of carbonyl (C=O) groups excluding carboxylic acids is 1. The fourth-order valence-corrected chi connectivity index (χ4v) is 3.31. The summed E-state index contributed by atoms with van der Waals surface area (Å²) in [6.07, 6.45) is 9.01. The molecular formula is C20H19N5O2. The monoisotopic (exact) mass is 361 g/mol. The van der Waals surface area contributed by atoms with E-state index < -0.39 is 0 Å².